The second-order valence-electron chi connectivity index (χ2n) is 5.62. The van der Waals surface area contributed by atoms with Gasteiger partial charge in [0.15, 0.2) is 0 Å². The van der Waals surface area contributed by atoms with E-state index in [4.69, 9.17) is 4.74 Å². The van der Waals surface area contributed by atoms with E-state index in [-0.39, 0.29) is 5.54 Å². The van der Waals surface area contributed by atoms with E-state index < -0.39 is 0 Å². The largest absolute Gasteiger partial charge is 0.496 e. The van der Waals surface area contributed by atoms with Crippen molar-refractivity contribution in [1.29, 1.82) is 0 Å². The van der Waals surface area contributed by atoms with Gasteiger partial charge in [-0.2, -0.15) is 4.99 Å². The van der Waals surface area contributed by atoms with Gasteiger partial charge in [-0.15, -0.1) is 0 Å². The molecular weight excluding hydrogens is 238 g/mol. The number of rotatable bonds is 4. The Hall–Kier alpha value is -1.60. The van der Waals surface area contributed by atoms with Crippen LogP contribution in [0.1, 0.15) is 55.7 Å². The molecule has 2 rings (SSSR count). The Kier molecular flexibility index (Phi) is 3.77. The molecule has 0 radical (unpaired) electrons. The Morgan fingerprint density at radius 3 is 2.47 bits per heavy atom. The first-order valence-corrected chi connectivity index (χ1v) is 6.82. The third-order valence-electron chi connectivity index (χ3n) is 4.12. The van der Waals surface area contributed by atoms with Crippen molar-refractivity contribution in [2.45, 2.75) is 51.5 Å². The number of nitrogens with zero attached hydrogens (tertiary/aromatic N) is 1. The van der Waals surface area contributed by atoms with Crippen molar-refractivity contribution in [1.82, 2.24) is 0 Å². The third kappa shape index (κ3) is 2.19. The molecule has 0 spiro atoms. The van der Waals surface area contributed by atoms with Crippen LogP contribution in [0.3, 0.4) is 0 Å². The summed E-state index contributed by atoms with van der Waals surface area (Å²) in [5.41, 5.74) is 3.09. The maximum Gasteiger partial charge on any atom is 0.235 e. The van der Waals surface area contributed by atoms with Gasteiger partial charge in [-0.1, -0.05) is 26.0 Å². The van der Waals surface area contributed by atoms with Crippen LogP contribution in [0.4, 0.5) is 0 Å². The van der Waals surface area contributed by atoms with Gasteiger partial charge in [0.2, 0.25) is 6.08 Å². The molecule has 1 aliphatic rings. The molecule has 19 heavy (non-hydrogen) atoms. The minimum absolute atomic E-state index is 0.337. The van der Waals surface area contributed by atoms with Gasteiger partial charge in [0.1, 0.15) is 5.75 Å². The smallest absolute Gasteiger partial charge is 0.235 e. The summed E-state index contributed by atoms with van der Waals surface area (Å²) in [5, 5.41) is 0. The summed E-state index contributed by atoms with van der Waals surface area (Å²) in [7, 11) is 1.70. The number of ether oxygens (including phenoxy) is 1. The van der Waals surface area contributed by atoms with Crippen LogP contribution in [0.15, 0.2) is 17.1 Å². The highest BCUT2D eigenvalue weighted by Crippen LogP contribution is 2.49. The number of hydrogen-bond acceptors (Lipinski definition) is 3. The molecule has 3 heteroatoms. The second-order valence-corrected chi connectivity index (χ2v) is 5.62. The SMILES string of the molecule is COc1c(C)ccc(C2(N=C=O)CCC2)c1C(C)C. The van der Waals surface area contributed by atoms with Crippen LogP contribution in [0, 0.1) is 6.92 Å². The van der Waals surface area contributed by atoms with Crippen molar-refractivity contribution >= 4 is 6.08 Å². The third-order valence-corrected chi connectivity index (χ3v) is 4.12. The van der Waals surface area contributed by atoms with Crippen molar-refractivity contribution in [3.8, 4) is 5.75 Å². The molecule has 0 bridgehead atoms. The molecule has 0 unspecified atom stereocenters. The molecule has 0 N–H and O–H groups in total. The molecule has 0 aliphatic heterocycles. The zero-order valence-corrected chi connectivity index (χ0v) is 12.1. The molecule has 0 heterocycles. The number of aliphatic imine (C=N–C) groups is 1. The zero-order chi connectivity index (χ0) is 14.0. The molecule has 1 aromatic carbocycles. The van der Waals surface area contributed by atoms with Gasteiger partial charge in [-0.3, -0.25) is 0 Å². The van der Waals surface area contributed by atoms with Gasteiger partial charge in [0.25, 0.3) is 0 Å². The summed E-state index contributed by atoms with van der Waals surface area (Å²) in [4.78, 5) is 14.9. The van der Waals surface area contributed by atoms with Crippen molar-refractivity contribution in [2.75, 3.05) is 7.11 Å². The van der Waals surface area contributed by atoms with Gasteiger partial charge in [-0.25, -0.2) is 4.79 Å². The second kappa shape index (κ2) is 5.18. The van der Waals surface area contributed by atoms with E-state index in [0.29, 0.717) is 5.92 Å². The Bertz CT molecular complexity index is 524. The fourth-order valence-corrected chi connectivity index (χ4v) is 3.00. The van der Waals surface area contributed by atoms with E-state index in [1.165, 1.54) is 5.56 Å². The molecule has 0 atom stereocenters. The molecule has 0 aromatic heterocycles. The zero-order valence-electron chi connectivity index (χ0n) is 12.1. The highest BCUT2D eigenvalue weighted by molar-refractivity contribution is 5.52. The highest BCUT2D eigenvalue weighted by Gasteiger charge is 2.41. The molecule has 0 saturated heterocycles. The van der Waals surface area contributed by atoms with Crippen LogP contribution in [0.2, 0.25) is 0 Å². The lowest BCUT2D eigenvalue weighted by atomic mass is 9.69. The number of hydrogen-bond donors (Lipinski definition) is 0. The molecule has 1 aliphatic carbocycles. The normalized spacial score (nSPS) is 16.7. The molecule has 1 fully saturated rings. The lowest BCUT2D eigenvalue weighted by Crippen LogP contribution is -2.33. The molecule has 1 aromatic rings. The highest BCUT2D eigenvalue weighted by atomic mass is 16.5. The summed E-state index contributed by atoms with van der Waals surface area (Å²) < 4.78 is 5.58. The van der Waals surface area contributed by atoms with Gasteiger partial charge >= 0.3 is 0 Å². The summed E-state index contributed by atoms with van der Waals surface area (Å²) in [6.45, 7) is 6.35. The van der Waals surface area contributed by atoms with Crippen molar-refractivity contribution in [3.63, 3.8) is 0 Å². The topological polar surface area (TPSA) is 38.7 Å². The summed E-state index contributed by atoms with van der Waals surface area (Å²) >= 11 is 0. The number of methoxy groups -OCH3 is 1. The summed E-state index contributed by atoms with van der Waals surface area (Å²) in [5.74, 6) is 1.27. The van der Waals surface area contributed by atoms with Crippen LogP contribution in [-0.4, -0.2) is 13.2 Å². The Balaban J connectivity index is 2.66. The van der Waals surface area contributed by atoms with E-state index in [0.717, 1.165) is 36.1 Å². The molecule has 3 nitrogen and oxygen atoms in total. The predicted molar refractivity (Wildman–Crippen MR) is 75.5 cm³/mol. The maximum atomic E-state index is 10.8. The number of isocyanates is 1. The van der Waals surface area contributed by atoms with Crippen molar-refractivity contribution < 1.29 is 9.53 Å². The molecular formula is C16H21NO2. The summed E-state index contributed by atoms with van der Waals surface area (Å²) in [6.07, 6.45) is 4.72. The van der Waals surface area contributed by atoms with E-state index >= 15 is 0 Å². The fourth-order valence-electron chi connectivity index (χ4n) is 3.00. The van der Waals surface area contributed by atoms with E-state index in [1.54, 1.807) is 13.2 Å². The number of carbonyl (C=O) groups excluding carboxylic acids is 1. The van der Waals surface area contributed by atoms with Crippen LogP contribution in [-0.2, 0) is 10.3 Å². The molecule has 0 amide bonds. The van der Waals surface area contributed by atoms with Crippen LogP contribution < -0.4 is 4.74 Å². The Morgan fingerprint density at radius 2 is 2.05 bits per heavy atom. The first kappa shape index (κ1) is 13.8. The lowest BCUT2D eigenvalue weighted by molar-refractivity contribution is 0.252. The van der Waals surface area contributed by atoms with Crippen LogP contribution in [0.5, 0.6) is 5.75 Å². The van der Waals surface area contributed by atoms with Gasteiger partial charge in [0, 0.05) is 5.56 Å². The van der Waals surface area contributed by atoms with Gasteiger partial charge < -0.3 is 4.74 Å². The maximum absolute atomic E-state index is 10.8. The molecule has 1 saturated carbocycles. The molecule has 102 valence electrons. The quantitative estimate of drug-likeness (QED) is 0.608. The average molecular weight is 259 g/mol. The van der Waals surface area contributed by atoms with E-state index in [2.05, 4.69) is 31.0 Å². The minimum Gasteiger partial charge on any atom is -0.496 e. The van der Waals surface area contributed by atoms with Gasteiger partial charge in [-0.05, 0) is 43.2 Å². The number of aryl methyl sites for hydroxylation is 1. The first-order valence-electron chi connectivity index (χ1n) is 6.82. The fraction of sp³-hybridized carbons (Fsp3) is 0.562. The lowest BCUT2D eigenvalue weighted by Gasteiger charge is -2.39. The predicted octanol–water partition coefficient (Wildman–Crippen LogP) is 3.84. The van der Waals surface area contributed by atoms with Gasteiger partial charge in [0.05, 0.1) is 12.6 Å². The Labute approximate surface area is 114 Å². The number of benzene rings is 1. The Morgan fingerprint density at radius 1 is 1.37 bits per heavy atom. The van der Waals surface area contributed by atoms with E-state index in [1.807, 2.05) is 6.92 Å². The van der Waals surface area contributed by atoms with Crippen LogP contribution in [0.25, 0.3) is 0 Å². The van der Waals surface area contributed by atoms with Crippen LogP contribution >= 0.6 is 0 Å². The first-order chi connectivity index (χ1) is 9.05. The average Bonchev–Trinajstić information content (AvgIpc) is 2.33. The minimum atomic E-state index is -0.359. The standard InChI is InChI=1S/C16H21NO2/c1-11(2)14-13(7-6-12(3)15(14)19-4)16(17-10-18)8-5-9-16/h6-7,11H,5,8-9H2,1-4H3. The monoisotopic (exact) mass is 259 g/mol. The van der Waals surface area contributed by atoms with E-state index in [9.17, 15) is 4.79 Å². The van der Waals surface area contributed by atoms with Crippen molar-refractivity contribution in [2.24, 2.45) is 4.99 Å². The van der Waals surface area contributed by atoms with Crippen molar-refractivity contribution in [3.05, 3.63) is 28.8 Å². The summed E-state index contributed by atoms with van der Waals surface area (Å²) in [6, 6.07) is 4.16.